The molecular weight excluding hydrogens is 368 g/mol. The van der Waals surface area contributed by atoms with Crippen molar-refractivity contribution in [3.63, 3.8) is 0 Å². The van der Waals surface area contributed by atoms with Gasteiger partial charge in [-0.25, -0.2) is 5.01 Å². The Morgan fingerprint density at radius 2 is 1.97 bits per heavy atom. The number of carbonyl (C=O) groups is 2. The van der Waals surface area contributed by atoms with E-state index >= 15 is 0 Å². The number of hydrogen-bond acceptors (Lipinski definition) is 4. The van der Waals surface area contributed by atoms with Gasteiger partial charge in [0, 0.05) is 30.7 Å². The SMILES string of the molecule is CCN(N=C[C@@H]1[C@@H](C/C=C\CCCC(=O)O)[C@H]2CC[C@@H]1O2)C(=O)c1ccccc1. The topological polar surface area (TPSA) is 79.2 Å². The fourth-order valence-corrected chi connectivity index (χ4v) is 4.23. The van der Waals surface area contributed by atoms with Crippen LogP contribution in [0.5, 0.6) is 0 Å². The van der Waals surface area contributed by atoms with E-state index in [1.807, 2.05) is 31.3 Å². The molecule has 2 aliphatic rings. The van der Waals surface area contributed by atoms with Gasteiger partial charge in [-0.3, -0.25) is 9.59 Å². The first-order chi connectivity index (χ1) is 14.1. The summed E-state index contributed by atoms with van der Waals surface area (Å²) in [5.74, 6) is -0.279. The zero-order valence-corrected chi connectivity index (χ0v) is 16.9. The van der Waals surface area contributed by atoms with E-state index in [-0.39, 0.29) is 30.5 Å². The third-order valence-corrected chi connectivity index (χ3v) is 5.76. The molecule has 0 spiro atoms. The Hall–Kier alpha value is -2.47. The average Bonchev–Trinajstić information content (AvgIpc) is 3.33. The average molecular weight is 399 g/mol. The summed E-state index contributed by atoms with van der Waals surface area (Å²) in [5.41, 5.74) is 0.636. The fraction of sp³-hybridized carbons (Fsp3) is 0.522. The number of carboxylic acids is 1. The van der Waals surface area contributed by atoms with Crippen LogP contribution in [0.4, 0.5) is 0 Å². The lowest BCUT2D eigenvalue weighted by molar-refractivity contribution is -0.137. The molecule has 4 atom stereocenters. The second-order valence-electron chi connectivity index (χ2n) is 7.68. The van der Waals surface area contributed by atoms with Crippen LogP contribution in [0.1, 0.15) is 55.8 Å². The maximum Gasteiger partial charge on any atom is 0.303 e. The van der Waals surface area contributed by atoms with Crippen LogP contribution in [0.15, 0.2) is 47.6 Å². The summed E-state index contributed by atoms with van der Waals surface area (Å²) in [5, 5.41) is 14.8. The highest BCUT2D eigenvalue weighted by atomic mass is 16.5. The standard InChI is InChI=1S/C23H30N2O4/c1-2-25(23(28)17-10-6-5-7-11-17)24-16-19-18(20-14-15-21(19)29-20)12-8-3-4-9-13-22(26)27/h3,5-8,10-11,16,18-21H,2,4,9,12-15H2,1H3,(H,26,27)/b8-3-,24-16?/t18-,19-,20-,21+/m1/s1. The molecule has 1 N–H and O–H groups in total. The van der Waals surface area contributed by atoms with Crippen molar-refractivity contribution in [2.24, 2.45) is 16.9 Å². The van der Waals surface area contributed by atoms with E-state index in [9.17, 15) is 9.59 Å². The van der Waals surface area contributed by atoms with Crippen LogP contribution in [-0.4, -0.2) is 47.0 Å². The molecule has 2 aliphatic heterocycles. The molecule has 0 radical (unpaired) electrons. The normalized spacial score (nSPS) is 25.8. The molecule has 0 saturated carbocycles. The number of allylic oxidation sites excluding steroid dienone is 2. The van der Waals surface area contributed by atoms with Gasteiger partial charge in [-0.1, -0.05) is 30.4 Å². The van der Waals surface area contributed by atoms with Gasteiger partial charge in [0.25, 0.3) is 5.91 Å². The first-order valence-electron chi connectivity index (χ1n) is 10.5. The smallest absolute Gasteiger partial charge is 0.303 e. The predicted octanol–water partition coefficient (Wildman–Crippen LogP) is 4.13. The summed E-state index contributed by atoms with van der Waals surface area (Å²) in [6, 6.07) is 9.21. The molecule has 2 fully saturated rings. The molecule has 2 heterocycles. The summed E-state index contributed by atoms with van der Waals surface area (Å²) in [7, 11) is 0. The highest BCUT2D eigenvalue weighted by Gasteiger charge is 2.47. The van der Waals surface area contributed by atoms with Crippen molar-refractivity contribution in [3.8, 4) is 0 Å². The van der Waals surface area contributed by atoms with Gasteiger partial charge in [0.05, 0.1) is 12.2 Å². The van der Waals surface area contributed by atoms with E-state index in [0.717, 1.165) is 25.7 Å². The molecule has 0 unspecified atom stereocenters. The van der Waals surface area contributed by atoms with Crippen LogP contribution in [-0.2, 0) is 9.53 Å². The molecule has 1 amide bonds. The minimum Gasteiger partial charge on any atom is -0.481 e. The molecule has 0 aliphatic carbocycles. The molecule has 1 aromatic carbocycles. The highest BCUT2D eigenvalue weighted by Crippen LogP contribution is 2.44. The van der Waals surface area contributed by atoms with Crippen LogP contribution in [0.25, 0.3) is 0 Å². The number of unbranched alkanes of at least 4 members (excludes halogenated alkanes) is 1. The molecule has 6 heteroatoms. The van der Waals surface area contributed by atoms with Gasteiger partial charge in [-0.05, 0) is 57.1 Å². The Labute approximate surface area is 172 Å². The summed E-state index contributed by atoms with van der Waals surface area (Å²) >= 11 is 0. The van der Waals surface area contributed by atoms with Crippen LogP contribution >= 0.6 is 0 Å². The maximum absolute atomic E-state index is 12.7. The zero-order chi connectivity index (χ0) is 20.6. The first-order valence-corrected chi connectivity index (χ1v) is 10.5. The lowest BCUT2D eigenvalue weighted by Crippen LogP contribution is -2.31. The summed E-state index contributed by atoms with van der Waals surface area (Å²) in [6.07, 6.45) is 11.2. The third kappa shape index (κ3) is 5.54. The van der Waals surface area contributed by atoms with Crippen molar-refractivity contribution in [2.75, 3.05) is 6.54 Å². The number of ether oxygens (including phenoxy) is 1. The van der Waals surface area contributed by atoms with Crippen molar-refractivity contribution >= 4 is 18.1 Å². The predicted molar refractivity (Wildman–Crippen MR) is 112 cm³/mol. The van der Waals surface area contributed by atoms with Crippen LogP contribution in [0.3, 0.4) is 0 Å². The summed E-state index contributed by atoms with van der Waals surface area (Å²) in [6.45, 7) is 2.44. The minimum absolute atomic E-state index is 0.0942. The van der Waals surface area contributed by atoms with Crippen LogP contribution < -0.4 is 0 Å². The number of carbonyl (C=O) groups excluding carboxylic acids is 1. The highest BCUT2D eigenvalue weighted by molar-refractivity contribution is 5.94. The number of carboxylic acid groups (broad SMARTS) is 1. The number of hydrazone groups is 1. The quantitative estimate of drug-likeness (QED) is 0.278. The van der Waals surface area contributed by atoms with E-state index in [0.29, 0.717) is 24.4 Å². The van der Waals surface area contributed by atoms with Gasteiger partial charge in [0.1, 0.15) is 0 Å². The minimum atomic E-state index is -0.748. The molecule has 6 nitrogen and oxygen atoms in total. The molecular formula is C23H30N2O4. The Kier molecular flexibility index (Phi) is 7.58. The molecule has 3 rings (SSSR count). The molecule has 2 bridgehead atoms. The number of aliphatic carboxylic acids is 1. The third-order valence-electron chi connectivity index (χ3n) is 5.76. The molecule has 0 aromatic heterocycles. The van der Waals surface area contributed by atoms with Crippen molar-refractivity contribution in [1.29, 1.82) is 0 Å². The number of fused-ring (bicyclic) bond motifs is 2. The molecule has 156 valence electrons. The molecule has 1 aromatic rings. The Morgan fingerprint density at radius 1 is 1.21 bits per heavy atom. The van der Waals surface area contributed by atoms with E-state index in [1.165, 1.54) is 5.01 Å². The van der Waals surface area contributed by atoms with E-state index in [4.69, 9.17) is 9.84 Å². The summed E-state index contributed by atoms with van der Waals surface area (Å²) in [4.78, 5) is 23.2. The van der Waals surface area contributed by atoms with Crippen molar-refractivity contribution in [3.05, 3.63) is 48.0 Å². The first kappa shape index (κ1) is 21.2. The Morgan fingerprint density at radius 3 is 2.69 bits per heavy atom. The summed E-state index contributed by atoms with van der Waals surface area (Å²) < 4.78 is 6.11. The van der Waals surface area contributed by atoms with Gasteiger partial charge in [-0.15, -0.1) is 0 Å². The molecule has 2 saturated heterocycles. The van der Waals surface area contributed by atoms with Crippen molar-refractivity contribution in [2.45, 2.75) is 57.7 Å². The zero-order valence-electron chi connectivity index (χ0n) is 16.9. The lowest BCUT2D eigenvalue weighted by Gasteiger charge is -2.25. The maximum atomic E-state index is 12.7. The van der Waals surface area contributed by atoms with Gasteiger partial charge < -0.3 is 9.84 Å². The van der Waals surface area contributed by atoms with Gasteiger partial charge in [0.2, 0.25) is 0 Å². The fourth-order valence-electron chi connectivity index (χ4n) is 4.23. The lowest BCUT2D eigenvalue weighted by atomic mass is 9.78. The molecule has 29 heavy (non-hydrogen) atoms. The number of hydrogen-bond donors (Lipinski definition) is 1. The van der Waals surface area contributed by atoms with Gasteiger partial charge in [-0.2, -0.15) is 5.10 Å². The van der Waals surface area contributed by atoms with Crippen molar-refractivity contribution in [1.82, 2.24) is 5.01 Å². The van der Waals surface area contributed by atoms with Crippen molar-refractivity contribution < 1.29 is 19.4 Å². The van der Waals surface area contributed by atoms with E-state index < -0.39 is 5.97 Å². The second kappa shape index (κ2) is 10.3. The largest absolute Gasteiger partial charge is 0.481 e. The number of nitrogens with zero attached hydrogens (tertiary/aromatic N) is 2. The van der Waals surface area contributed by atoms with Gasteiger partial charge >= 0.3 is 5.97 Å². The number of amides is 1. The van der Waals surface area contributed by atoms with E-state index in [2.05, 4.69) is 17.3 Å². The number of benzene rings is 1. The van der Waals surface area contributed by atoms with E-state index in [1.54, 1.807) is 12.1 Å². The Balaban J connectivity index is 1.59. The van der Waals surface area contributed by atoms with Gasteiger partial charge in [0.15, 0.2) is 0 Å². The second-order valence-corrected chi connectivity index (χ2v) is 7.68. The monoisotopic (exact) mass is 398 g/mol. The Bertz CT molecular complexity index is 747. The van der Waals surface area contributed by atoms with Crippen LogP contribution in [0.2, 0.25) is 0 Å². The number of rotatable bonds is 10. The van der Waals surface area contributed by atoms with Crippen LogP contribution in [0, 0.1) is 11.8 Å².